The SMILES string of the molecule is Cc1cc(OC(F)(F)c2c(C)cc(-c3c(C)cc(C4CCC(C)CO4)cc3C)cc2C)cc(C)c1C. The van der Waals surface area contributed by atoms with Gasteiger partial charge in [-0.2, -0.15) is 8.78 Å². The molecule has 3 aromatic rings. The molecule has 1 fully saturated rings. The van der Waals surface area contributed by atoms with E-state index in [4.69, 9.17) is 9.47 Å². The first-order valence-corrected chi connectivity index (χ1v) is 12.9. The molecule has 0 amide bonds. The van der Waals surface area contributed by atoms with E-state index in [1.54, 1.807) is 26.0 Å². The van der Waals surface area contributed by atoms with E-state index in [9.17, 15) is 0 Å². The number of halogens is 2. The van der Waals surface area contributed by atoms with Crippen LogP contribution in [0.25, 0.3) is 11.1 Å². The van der Waals surface area contributed by atoms with E-state index < -0.39 is 6.11 Å². The van der Waals surface area contributed by atoms with E-state index in [-0.39, 0.29) is 17.4 Å². The van der Waals surface area contributed by atoms with Crippen molar-refractivity contribution in [3.05, 3.63) is 86.5 Å². The molecule has 0 N–H and O–H groups in total. The minimum absolute atomic E-state index is 0.0706. The van der Waals surface area contributed by atoms with Crippen LogP contribution in [0.1, 0.15) is 75.9 Å². The van der Waals surface area contributed by atoms with Crippen LogP contribution >= 0.6 is 0 Å². The van der Waals surface area contributed by atoms with Gasteiger partial charge in [-0.3, -0.25) is 0 Å². The zero-order valence-corrected chi connectivity index (χ0v) is 22.8. The van der Waals surface area contributed by atoms with Crippen LogP contribution in [0.3, 0.4) is 0 Å². The van der Waals surface area contributed by atoms with Crippen LogP contribution < -0.4 is 4.74 Å². The predicted molar refractivity (Wildman–Crippen MR) is 143 cm³/mol. The second-order valence-electron chi connectivity index (χ2n) is 10.8. The molecule has 0 spiro atoms. The van der Waals surface area contributed by atoms with E-state index in [1.165, 1.54) is 12.0 Å². The Morgan fingerprint density at radius 1 is 0.750 bits per heavy atom. The summed E-state index contributed by atoms with van der Waals surface area (Å²) >= 11 is 0. The maximum Gasteiger partial charge on any atom is 0.427 e. The summed E-state index contributed by atoms with van der Waals surface area (Å²) in [6, 6.07) is 11.5. The second kappa shape index (κ2) is 9.97. The lowest BCUT2D eigenvalue weighted by molar-refractivity contribution is -0.186. The largest absolute Gasteiger partial charge is 0.429 e. The van der Waals surface area contributed by atoms with Crippen molar-refractivity contribution in [3.63, 3.8) is 0 Å². The molecule has 192 valence electrons. The van der Waals surface area contributed by atoms with E-state index in [0.29, 0.717) is 17.0 Å². The Balaban J connectivity index is 1.66. The molecule has 0 radical (unpaired) electrons. The molecule has 1 aliphatic rings. The molecule has 2 unspecified atom stereocenters. The lowest BCUT2D eigenvalue weighted by Gasteiger charge is -2.28. The van der Waals surface area contributed by atoms with Crippen LogP contribution in [0.2, 0.25) is 0 Å². The summed E-state index contributed by atoms with van der Waals surface area (Å²) in [6.07, 6.45) is -1.11. The number of alkyl halides is 2. The first-order valence-electron chi connectivity index (χ1n) is 12.9. The van der Waals surface area contributed by atoms with Gasteiger partial charge in [0, 0.05) is 6.61 Å². The quantitative estimate of drug-likeness (QED) is 0.353. The number of aryl methyl sites for hydroxylation is 6. The minimum Gasteiger partial charge on any atom is -0.429 e. The van der Waals surface area contributed by atoms with E-state index in [2.05, 4.69) is 32.9 Å². The van der Waals surface area contributed by atoms with Gasteiger partial charge in [0.25, 0.3) is 0 Å². The van der Waals surface area contributed by atoms with Crippen molar-refractivity contribution in [2.24, 2.45) is 5.92 Å². The summed E-state index contributed by atoms with van der Waals surface area (Å²) in [5.41, 5.74) is 9.43. The van der Waals surface area contributed by atoms with Gasteiger partial charge >= 0.3 is 6.11 Å². The highest BCUT2D eigenvalue weighted by Gasteiger charge is 2.38. The summed E-state index contributed by atoms with van der Waals surface area (Å²) in [5, 5.41) is 0. The Bertz CT molecular complexity index is 1210. The molecule has 0 bridgehead atoms. The van der Waals surface area contributed by atoms with Crippen molar-refractivity contribution in [2.75, 3.05) is 6.61 Å². The number of hydrogen-bond donors (Lipinski definition) is 0. The normalized spacial score (nSPS) is 18.4. The summed E-state index contributed by atoms with van der Waals surface area (Å²) < 4.78 is 42.3. The minimum atomic E-state index is -3.44. The molecule has 0 aromatic heterocycles. The number of ether oxygens (including phenoxy) is 2. The topological polar surface area (TPSA) is 18.5 Å². The van der Waals surface area contributed by atoms with Gasteiger partial charge in [-0.15, -0.1) is 0 Å². The van der Waals surface area contributed by atoms with Crippen molar-refractivity contribution >= 4 is 0 Å². The second-order valence-corrected chi connectivity index (χ2v) is 10.8. The average Bonchev–Trinajstić information content (AvgIpc) is 2.76. The van der Waals surface area contributed by atoms with Crippen LogP contribution in [-0.2, 0) is 10.8 Å². The number of hydrogen-bond acceptors (Lipinski definition) is 2. The first kappa shape index (κ1) is 26.3. The molecular formula is C32H38F2O2. The van der Waals surface area contributed by atoms with Crippen molar-refractivity contribution in [2.45, 2.75) is 80.4 Å². The van der Waals surface area contributed by atoms with Gasteiger partial charge in [0.15, 0.2) is 0 Å². The highest BCUT2D eigenvalue weighted by molar-refractivity contribution is 5.73. The van der Waals surface area contributed by atoms with Crippen molar-refractivity contribution in [1.82, 2.24) is 0 Å². The molecule has 3 aromatic carbocycles. The predicted octanol–water partition coefficient (Wildman–Crippen LogP) is 9.13. The molecular weight excluding hydrogens is 454 g/mol. The molecule has 36 heavy (non-hydrogen) atoms. The Morgan fingerprint density at radius 2 is 1.31 bits per heavy atom. The molecule has 1 heterocycles. The van der Waals surface area contributed by atoms with Crippen LogP contribution in [-0.4, -0.2) is 6.61 Å². The maximum absolute atomic E-state index is 15.5. The van der Waals surface area contributed by atoms with Gasteiger partial charge in [-0.05, 0) is 135 Å². The monoisotopic (exact) mass is 492 g/mol. The molecule has 2 nitrogen and oxygen atoms in total. The zero-order chi connectivity index (χ0) is 26.4. The summed E-state index contributed by atoms with van der Waals surface area (Å²) in [5.74, 6) is 0.790. The van der Waals surface area contributed by atoms with Crippen LogP contribution in [0.15, 0.2) is 36.4 Å². The third-order valence-corrected chi connectivity index (χ3v) is 7.69. The fourth-order valence-electron chi connectivity index (χ4n) is 5.60. The third kappa shape index (κ3) is 5.20. The molecule has 1 aliphatic heterocycles. The third-order valence-electron chi connectivity index (χ3n) is 7.69. The van der Waals surface area contributed by atoms with Gasteiger partial charge in [-0.1, -0.05) is 31.2 Å². The maximum atomic E-state index is 15.5. The fraction of sp³-hybridized carbons (Fsp3) is 0.438. The molecule has 0 saturated carbocycles. The summed E-state index contributed by atoms with van der Waals surface area (Å²) in [6.45, 7) is 16.5. The number of benzene rings is 3. The molecule has 2 atom stereocenters. The van der Waals surface area contributed by atoms with Gasteiger partial charge in [0.2, 0.25) is 0 Å². The van der Waals surface area contributed by atoms with Crippen molar-refractivity contribution < 1.29 is 18.3 Å². The van der Waals surface area contributed by atoms with Crippen LogP contribution in [0.5, 0.6) is 5.75 Å². The van der Waals surface area contributed by atoms with E-state index in [1.807, 2.05) is 32.9 Å². The van der Waals surface area contributed by atoms with Gasteiger partial charge in [0.05, 0.1) is 11.7 Å². The first-order chi connectivity index (χ1) is 16.9. The zero-order valence-electron chi connectivity index (χ0n) is 22.8. The van der Waals surface area contributed by atoms with Gasteiger partial charge in [0.1, 0.15) is 5.75 Å². The highest BCUT2D eigenvalue weighted by atomic mass is 19.3. The van der Waals surface area contributed by atoms with Crippen LogP contribution in [0.4, 0.5) is 8.78 Å². The Hall–Kier alpha value is -2.72. The van der Waals surface area contributed by atoms with Crippen LogP contribution in [0, 0.1) is 54.4 Å². The molecule has 4 rings (SSSR count). The van der Waals surface area contributed by atoms with E-state index in [0.717, 1.165) is 52.0 Å². The molecule has 1 saturated heterocycles. The molecule has 4 heteroatoms. The Morgan fingerprint density at radius 3 is 1.81 bits per heavy atom. The van der Waals surface area contributed by atoms with Crippen molar-refractivity contribution in [1.29, 1.82) is 0 Å². The Labute approximate surface area is 214 Å². The van der Waals surface area contributed by atoms with E-state index >= 15 is 8.78 Å². The highest BCUT2D eigenvalue weighted by Crippen LogP contribution is 2.40. The van der Waals surface area contributed by atoms with Gasteiger partial charge < -0.3 is 9.47 Å². The van der Waals surface area contributed by atoms with Gasteiger partial charge in [-0.25, -0.2) is 0 Å². The fourth-order valence-corrected chi connectivity index (χ4v) is 5.60. The average molecular weight is 493 g/mol. The smallest absolute Gasteiger partial charge is 0.427 e. The Kier molecular flexibility index (Phi) is 7.30. The summed E-state index contributed by atoms with van der Waals surface area (Å²) in [4.78, 5) is 0. The summed E-state index contributed by atoms with van der Waals surface area (Å²) in [7, 11) is 0. The number of rotatable bonds is 5. The lowest BCUT2D eigenvalue weighted by atomic mass is 9.87. The lowest BCUT2D eigenvalue weighted by Crippen LogP contribution is -2.24. The van der Waals surface area contributed by atoms with Crippen molar-refractivity contribution in [3.8, 4) is 16.9 Å². The standard InChI is InChI=1S/C32H38F2O2/c1-18-9-10-29(35-17-18)26-11-21(4)30(22(5)12-26)27-13-23(6)31(24(7)14-27)32(33,34)36-28-15-19(2)25(8)20(3)16-28/h11-16,18,29H,9-10,17H2,1-8H3. The molecule has 0 aliphatic carbocycles.